The summed E-state index contributed by atoms with van der Waals surface area (Å²) < 4.78 is 21.7. The number of benzene rings is 2. The lowest BCUT2D eigenvalue weighted by Crippen LogP contribution is -2.28. The standard InChI is InChI=1S/C28H36O6/c1-27(2,25(29)33-21-23-11-7-5-8-12-23)15-17-31-19-20-32-18-16-28(3,4)26(30)34-22-24-13-9-6-10-14-24/h5-14,19-20H,15-18,21-22H2,1-4H3. The number of rotatable bonds is 14. The van der Waals surface area contributed by atoms with Crippen LogP contribution in [0.25, 0.3) is 0 Å². The summed E-state index contributed by atoms with van der Waals surface area (Å²) in [6.45, 7) is 8.56. The molecule has 184 valence electrons. The van der Waals surface area contributed by atoms with E-state index < -0.39 is 10.8 Å². The zero-order valence-electron chi connectivity index (χ0n) is 20.6. The Bertz CT molecular complexity index is 828. The zero-order chi connectivity index (χ0) is 24.9. The van der Waals surface area contributed by atoms with Crippen LogP contribution in [-0.2, 0) is 41.8 Å². The van der Waals surface area contributed by atoms with Crippen LogP contribution in [0.4, 0.5) is 0 Å². The van der Waals surface area contributed by atoms with E-state index in [1.807, 2.05) is 88.4 Å². The molecule has 0 atom stereocenters. The summed E-state index contributed by atoms with van der Waals surface area (Å²) in [6, 6.07) is 19.2. The first-order chi connectivity index (χ1) is 16.2. The van der Waals surface area contributed by atoms with E-state index in [1.165, 1.54) is 12.5 Å². The van der Waals surface area contributed by atoms with E-state index in [-0.39, 0.29) is 25.2 Å². The summed E-state index contributed by atoms with van der Waals surface area (Å²) in [6.07, 6.45) is 3.91. The fourth-order valence-electron chi connectivity index (χ4n) is 2.88. The molecule has 0 saturated carbocycles. The monoisotopic (exact) mass is 468 g/mol. The molecular weight excluding hydrogens is 432 g/mol. The second-order valence-electron chi connectivity index (χ2n) is 9.40. The van der Waals surface area contributed by atoms with E-state index in [9.17, 15) is 9.59 Å². The third-order valence-electron chi connectivity index (χ3n) is 5.47. The van der Waals surface area contributed by atoms with E-state index in [0.29, 0.717) is 26.1 Å². The highest BCUT2D eigenvalue weighted by atomic mass is 16.5. The molecule has 0 heterocycles. The summed E-state index contributed by atoms with van der Waals surface area (Å²) in [5.41, 5.74) is 0.590. The average molecular weight is 469 g/mol. The number of hydrogen-bond donors (Lipinski definition) is 0. The Labute approximate surface area is 202 Å². The number of ether oxygens (including phenoxy) is 4. The SMILES string of the molecule is CC(C)(CCOC=COCCC(C)(C)C(=O)OCc1ccccc1)C(=O)OCc1ccccc1. The van der Waals surface area contributed by atoms with E-state index in [0.717, 1.165) is 11.1 Å². The summed E-state index contributed by atoms with van der Waals surface area (Å²) in [4.78, 5) is 24.7. The Morgan fingerprint density at radius 2 is 1.00 bits per heavy atom. The van der Waals surface area contributed by atoms with Gasteiger partial charge in [-0.1, -0.05) is 60.7 Å². The zero-order valence-corrected chi connectivity index (χ0v) is 20.6. The Balaban J connectivity index is 1.59. The quantitative estimate of drug-likeness (QED) is 0.198. The van der Waals surface area contributed by atoms with E-state index >= 15 is 0 Å². The van der Waals surface area contributed by atoms with E-state index in [2.05, 4.69) is 0 Å². The predicted octanol–water partition coefficient (Wildman–Crippen LogP) is 5.81. The van der Waals surface area contributed by atoms with Gasteiger partial charge in [0.25, 0.3) is 0 Å². The first kappa shape index (κ1) is 27.0. The van der Waals surface area contributed by atoms with Gasteiger partial charge in [-0.3, -0.25) is 9.59 Å². The minimum absolute atomic E-state index is 0.258. The van der Waals surface area contributed by atoms with Crippen molar-refractivity contribution in [3.8, 4) is 0 Å². The van der Waals surface area contributed by atoms with Gasteiger partial charge in [0.2, 0.25) is 0 Å². The van der Waals surface area contributed by atoms with Crippen LogP contribution in [0.2, 0.25) is 0 Å². The Morgan fingerprint density at radius 1 is 0.647 bits per heavy atom. The van der Waals surface area contributed by atoms with Gasteiger partial charge in [0.05, 0.1) is 24.0 Å². The molecule has 0 aliphatic carbocycles. The topological polar surface area (TPSA) is 71.1 Å². The molecule has 0 N–H and O–H groups in total. The van der Waals surface area contributed by atoms with Crippen molar-refractivity contribution < 1.29 is 28.5 Å². The highest BCUT2D eigenvalue weighted by Crippen LogP contribution is 2.24. The fraction of sp³-hybridized carbons (Fsp3) is 0.429. The van der Waals surface area contributed by atoms with Crippen molar-refractivity contribution in [2.45, 2.75) is 53.8 Å². The van der Waals surface area contributed by atoms with Crippen molar-refractivity contribution in [3.05, 3.63) is 84.3 Å². The lowest BCUT2D eigenvalue weighted by molar-refractivity contribution is -0.157. The molecule has 0 aliphatic heterocycles. The van der Waals surface area contributed by atoms with E-state index in [1.54, 1.807) is 0 Å². The van der Waals surface area contributed by atoms with Crippen molar-refractivity contribution in [1.82, 2.24) is 0 Å². The maximum absolute atomic E-state index is 12.4. The van der Waals surface area contributed by atoms with Crippen molar-refractivity contribution in [2.75, 3.05) is 13.2 Å². The minimum atomic E-state index is -0.659. The molecule has 6 heteroatoms. The molecule has 0 spiro atoms. The maximum atomic E-state index is 12.4. The fourth-order valence-corrected chi connectivity index (χ4v) is 2.88. The lowest BCUT2D eigenvalue weighted by atomic mass is 9.90. The average Bonchev–Trinajstić information content (AvgIpc) is 2.83. The van der Waals surface area contributed by atoms with Gasteiger partial charge in [0.15, 0.2) is 0 Å². The second-order valence-corrected chi connectivity index (χ2v) is 9.40. The molecule has 6 nitrogen and oxygen atoms in total. The molecule has 2 aromatic carbocycles. The third kappa shape index (κ3) is 9.69. The highest BCUT2D eigenvalue weighted by molar-refractivity contribution is 5.76. The van der Waals surface area contributed by atoms with Gasteiger partial charge in [-0.05, 0) is 51.7 Å². The second kappa shape index (κ2) is 13.4. The first-order valence-electron chi connectivity index (χ1n) is 11.5. The molecule has 0 radical (unpaired) electrons. The number of hydrogen-bond acceptors (Lipinski definition) is 6. The Morgan fingerprint density at radius 3 is 1.35 bits per heavy atom. The summed E-state index contributed by atoms with van der Waals surface area (Å²) in [5.74, 6) is -0.525. The summed E-state index contributed by atoms with van der Waals surface area (Å²) in [5, 5.41) is 0. The van der Waals surface area contributed by atoms with Gasteiger partial charge < -0.3 is 18.9 Å². The van der Waals surface area contributed by atoms with Crippen LogP contribution in [0.15, 0.2) is 73.2 Å². The molecule has 0 bridgehead atoms. The van der Waals surface area contributed by atoms with Crippen molar-refractivity contribution in [1.29, 1.82) is 0 Å². The Hall–Kier alpha value is -3.28. The highest BCUT2D eigenvalue weighted by Gasteiger charge is 2.30. The van der Waals surface area contributed by atoms with E-state index in [4.69, 9.17) is 18.9 Å². The first-order valence-corrected chi connectivity index (χ1v) is 11.5. The molecule has 0 amide bonds. The van der Waals surface area contributed by atoms with Gasteiger partial charge in [0.1, 0.15) is 25.7 Å². The van der Waals surface area contributed by atoms with Gasteiger partial charge in [0, 0.05) is 0 Å². The van der Waals surface area contributed by atoms with Crippen LogP contribution in [-0.4, -0.2) is 25.2 Å². The normalized spacial score (nSPS) is 11.8. The van der Waals surface area contributed by atoms with Crippen molar-refractivity contribution in [2.24, 2.45) is 10.8 Å². The molecule has 0 aliphatic rings. The predicted molar refractivity (Wildman–Crippen MR) is 130 cm³/mol. The van der Waals surface area contributed by atoms with Gasteiger partial charge >= 0.3 is 11.9 Å². The minimum Gasteiger partial charge on any atom is -0.498 e. The molecule has 0 saturated heterocycles. The van der Waals surface area contributed by atoms with Crippen LogP contribution in [0.5, 0.6) is 0 Å². The third-order valence-corrected chi connectivity index (χ3v) is 5.47. The van der Waals surface area contributed by atoms with Crippen LogP contribution in [0.3, 0.4) is 0 Å². The Kier molecular flexibility index (Phi) is 10.7. The molecule has 0 unspecified atom stereocenters. The van der Waals surface area contributed by atoms with Crippen LogP contribution in [0, 0.1) is 10.8 Å². The van der Waals surface area contributed by atoms with Crippen molar-refractivity contribution >= 4 is 11.9 Å². The largest absolute Gasteiger partial charge is 0.498 e. The molecule has 2 rings (SSSR count). The number of carbonyl (C=O) groups is 2. The van der Waals surface area contributed by atoms with Crippen LogP contribution < -0.4 is 0 Å². The summed E-state index contributed by atoms with van der Waals surface area (Å²) in [7, 11) is 0. The van der Waals surface area contributed by atoms with Gasteiger partial charge in [-0.2, -0.15) is 0 Å². The molecule has 2 aromatic rings. The lowest BCUT2D eigenvalue weighted by Gasteiger charge is -2.22. The number of esters is 2. The molecule has 0 aromatic heterocycles. The number of carbonyl (C=O) groups excluding carboxylic acids is 2. The maximum Gasteiger partial charge on any atom is 0.311 e. The molecular formula is C28H36O6. The van der Waals surface area contributed by atoms with Crippen molar-refractivity contribution in [3.63, 3.8) is 0 Å². The molecule has 34 heavy (non-hydrogen) atoms. The smallest absolute Gasteiger partial charge is 0.311 e. The van der Waals surface area contributed by atoms with Gasteiger partial charge in [-0.25, -0.2) is 0 Å². The van der Waals surface area contributed by atoms with Gasteiger partial charge in [-0.15, -0.1) is 0 Å². The summed E-state index contributed by atoms with van der Waals surface area (Å²) >= 11 is 0. The molecule has 0 fully saturated rings. The van der Waals surface area contributed by atoms with Crippen LogP contribution >= 0.6 is 0 Å². The van der Waals surface area contributed by atoms with Crippen LogP contribution in [0.1, 0.15) is 51.7 Å².